The molecule has 2 aromatic rings. The second kappa shape index (κ2) is 6.15. The van der Waals surface area contributed by atoms with E-state index in [9.17, 15) is 10.1 Å². The molecule has 3 rings (SSSR count). The zero-order valence-electron chi connectivity index (χ0n) is 12.7. The fourth-order valence-electron chi connectivity index (χ4n) is 2.19. The van der Waals surface area contributed by atoms with E-state index < -0.39 is 0 Å². The number of hydrogen-bond donors (Lipinski definition) is 1. The summed E-state index contributed by atoms with van der Waals surface area (Å²) < 4.78 is 10.5. The molecule has 0 bridgehead atoms. The normalized spacial score (nSPS) is 12.4. The minimum atomic E-state index is -0.277. The highest BCUT2D eigenvalue weighted by atomic mass is 32.1. The van der Waals surface area contributed by atoms with E-state index in [1.165, 1.54) is 17.4 Å². The number of aryl methyl sites for hydroxylation is 1. The molecule has 0 radical (unpaired) electrons. The molecule has 1 aromatic carbocycles. The Bertz CT molecular complexity index is 846. The van der Waals surface area contributed by atoms with E-state index >= 15 is 0 Å². The maximum absolute atomic E-state index is 12.1. The molecule has 0 saturated carbocycles. The van der Waals surface area contributed by atoms with Crippen LogP contribution in [0.4, 0.5) is 5.00 Å². The monoisotopic (exact) mass is 326 g/mol. The van der Waals surface area contributed by atoms with Gasteiger partial charge in [-0.05, 0) is 43.2 Å². The molecular formula is C17H14N2O3S. The quantitative estimate of drug-likeness (QED) is 0.875. The molecule has 0 spiro atoms. The highest BCUT2D eigenvalue weighted by Crippen LogP contribution is 2.33. The van der Waals surface area contributed by atoms with Crippen molar-refractivity contribution >= 4 is 28.3 Å². The third kappa shape index (κ3) is 3.05. The van der Waals surface area contributed by atoms with Gasteiger partial charge in [-0.25, -0.2) is 0 Å². The van der Waals surface area contributed by atoms with E-state index in [-0.39, 0.29) is 12.7 Å². The average molecular weight is 326 g/mol. The molecule has 0 aliphatic carbocycles. The van der Waals surface area contributed by atoms with Gasteiger partial charge >= 0.3 is 0 Å². The molecule has 6 heteroatoms. The fraction of sp³-hybridized carbons (Fsp3) is 0.176. The lowest BCUT2D eigenvalue weighted by Gasteiger charge is -2.00. The van der Waals surface area contributed by atoms with Gasteiger partial charge in [0, 0.05) is 11.0 Å². The molecule has 2 heterocycles. The predicted octanol–water partition coefficient (Wildman–Crippen LogP) is 3.62. The molecule has 1 N–H and O–H groups in total. The first-order valence-corrected chi connectivity index (χ1v) is 7.79. The molecule has 0 fully saturated rings. The van der Waals surface area contributed by atoms with Gasteiger partial charge in [-0.1, -0.05) is 6.07 Å². The van der Waals surface area contributed by atoms with Crippen LogP contribution in [0.1, 0.15) is 21.6 Å². The van der Waals surface area contributed by atoms with Gasteiger partial charge < -0.3 is 14.8 Å². The first-order chi connectivity index (χ1) is 11.1. The molecule has 0 saturated heterocycles. The summed E-state index contributed by atoms with van der Waals surface area (Å²) >= 11 is 1.41. The van der Waals surface area contributed by atoms with Crippen LogP contribution in [0.3, 0.4) is 0 Å². The highest BCUT2D eigenvalue weighted by Gasteiger charge is 2.14. The van der Waals surface area contributed by atoms with E-state index in [0.29, 0.717) is 22.1 Å². The van der Waals surface area contributed by atoms with Crippen molar-refractivity contribution in [3.8, 4) is 17.6 Å². The van der Waals surface area contributed by atoms with E-state index in [4.69, 9.17) is 9.47 Å². The fourth-order valence-corrected chi connectivity index (χ4v) is 3.21. The lowest BCUT2D eigenvalue weighted by Crippen LogP contribution is -2.07. The molecular weight excluding hydrogens is 312 g/mol. The Labute approximate surface area is 137 Å². The Kier molecular flexibility index (Phi) is 4.04. The van der Waals surface area contributed by atoms with Crippen LogP contribution in [-0.2, 0) is 4.79 Å². The van der Waals surface area contributed by atoms with Crippen molar-refractivity contribution in [2.24, 2.45) is 0 Å². The molecule has 1 amide bonds. The van der Waals surface area contributed by atoms with Crippen LogP contribution in [-0.4, -0.2) is 12.7 Å². The zero-order chi connectivity index (χ0) is 16.4. The molecule has 116 valence electrons. The van der Waals surface area contributed by atoms with Crippen LogP contribution >= 0.6 is 11.3 Å². The highest BCUT2D eigenvalue weighted by molar-refractivity contribution is 7.16. The van der Waals surface area contributed by atoms with Crippen molar-refractivity contribution in [2.75, 3.05) is 12.1 Å². The Morgan fingerprint density at radius 3 is 2.91 bits per heavy atom. The maximum Gasteiger partial charge on any atom is 0.249 e. The van der Waals surface area contributed by atoms with Crippen LogP contribution in [0, 0.1) is 25.2 Å². The van der Waals surface area contributed by atoms with Crippen molar-refractivity contribution in [1.82, 2.24) is 0 Å². The summed E-state index contributed by atoms with van der Waals surface area (Å²) in [5.41, 5.74) is 2.27. The van der Waals surface area contributed by atoms with E-state index in [1.807, 2.05) is 26.0 Å². The van der Waals surface area contributed by atoms with Gasteiger partial charge in [0.2, 0.25) is 12.7 Å². The number of carbonyl (C=O) groups excluding carboxylic acids is 1. The summed E-state index contributed by atoms with van der Waals surface area (Å²) in [5, 5.41) is 12.5. The molecule has 0 atom stereocenters. The SMILES string of the molecule is Cc1sc(NC(=O)C=Cc2ccc3c(c2)OCO3)c(C#N)c1C. The largest absolute Gasteiger partial charge is 0.454 e. The number of nitrogens with zero attached hydrogens (tertiary/aromatic N) is 1. The molecule has 23 heavy (non-hydrogen) atoms. The van der Waals surface area contributed by atoms with E-state index in [1.54, 1.807) is 12.1 Å². The van der Waals surface area contributed by atoms with Crippen LogP contribution in [0.2, 0.25) is 0 Å². The second-order valence-corrected chi connectivity index (χ2v) is 6.26. The van der Waals surface area contributed by atoms with Crippen molar-refractivity contribution in [3.05, 3.63) is 45.8 Å². The number of nitriles is 1. The number of fused-ring (bicyclic) bond motifs is 1. The Morgan fingerprint density at radius 2 is 2.13 bits per heavy atom. The standard InChI is InChI=1S/C17H14N2O3S/c1-10-11(2)23-17(13(10)8-18)19-16(20)6-4-12-3-5-14-15(7-12)22-9-21-14/h3-7H,9H2,1-2H3,(H,19,20). The Morgan fingerprint density at radius 1 is 1.35 bits per heavy atom. The number of nitrogens with one attached hydrogen (secondary N) is 1. The smallest absolute Gasteiger partial charge is 0.249 e. The van der Waals surface area contributed by atoms with Crippen LogP contribution in [0.25, 0.3) is 6.08 Å². The van der Waals surface area contributed by atoms with Gasteiger partial charge in [0.25, 0.3) is 0 Å². The topological polar surface area (TPSA) is 71.3 Å². The summed E-state index contributed by atoms with van der Waals surface area (Å²) in [5.74, 6) is 1.10. The third-order valence-corrected chi connectivity index (χ3v) is 4.68. The number of carbonyl (C=O) groups is 1. The van der Waals surface area contributed by atoms with Gasteiger partial charge in [0.05, 0.1) is 5.56 Å². The van der Waals surface area contributed by atoms with Gasteiger partial charge in [-0.15, -0.1) is 11.3 Å². The first kappa shape index (κ1) is 15.1. The minimum absolute atomic E-state index is 0.219. The summed E-state index contributed by atoms with van der Waals surface area (Å²) in [4.78, 5) is 13.1. The maximum atomic E-state index is 12.1. The lowest BCUT2D eigenvalue weighted by molar-refractivity contribution is -0.111. The average Bonchev–Trinajstić information content (AvgIpc) is 3.10. The van der Waals surface area contributed by atoms with Crippen molar-refractivity contribution in [2.45, 2.75) is 13.8 Å². The molecule has 1 aliphatic rings. The number of anilines is 1. The number of rotatable bonds is 3. The first-order valence-electron chi connectivity index (χ1n) is 6.97. The molecule has 5 nitrogen and oxygen atoms in total. The number of benzene rings is 1. The minimum Gasteiger partial charge on any atom is -0.454 e. The summed E-state index contributed by atoms with van der Waals surface area (Å²) in [6, 6.07) is 7.59. The summed E-state index contributed by atoms with van der Waals surface area (Å²) in [7, 11) is 0. The van der Waals surface area contributed by atoms with Gasteiger partial charge in [0.15, 0.2) is 11.5 Å². The van der Waals surface area contributed by atoms with E-state index in [2.05, 4.69) is 11.4 Å². The zero-order valence-corrected chi connectivity index (χ0v) is 13.5. The third-order valence-electron chi connectivity index (χ3n) is 3.56. The van der Waals surface area contributed by atoms with Crippen molar-refractivity contribution < 1.29 is 14.3 Å². The Hall–Kier alpha value is -2.78. The number of thiophene rings is 1. The lowest BCUT2D eigenvalue weighted by atomic mass is 10.2. The van der Waals surface area contributed by atoms with E-state index in [0.717, 1.165) is 16.0 Å². The number of hydrogen-bond acceptors (Lipinski definition) is 5. The van der Waals surface area contributed by atoms with Crippen molar-refractivity contribution in [1.29, 1.82) is 5.26 Å². The van der Waals surface area contributed by atoms with Crippen molar-refractivity contribution in [3.63, 3.8) is 0 Å². The number of ether oxygens (including phenoxy) is 2. The van der Waals surface area contributed by atoms with Gasteiger partial charge in [-0.2, -0.15) is 5.26 Å². The van der Waals surface area contributed by atoms with Crippen LogP contribution in [0.15, 0.2) is 24.3 Å². The molecule has 0 unspecified atom stereocenters. The Balaban J connectivity index is 1.72. The second-order valence-electron chi connectivity index (χ2n) is 5.03. The number of amides is 1. The summed E-state index contributed by atoms with van der Waals surface area (Å²) in [6.07, 6.45) is 3.12. The molecule has 1 aromatic heterocycles. The van der Waals surface area contributed by atoms with Gasteiger partial charge in [0.1, 0.15) is 11.1 Å². The van der Waals surface area contributed by atoms with Gasteiger partial charge in [-0.3, -0.25) is 4.79 Å². The predicted molar refractivity (Wildman–Crippen MR) is 88.7 cm³/mol. The molecule has 1 aliphatic heterocycles. The van der Waals surface area contributed by atoms with Crippen LogP contribution < -0.4 is 14.8 Å². The van der Waals surface area contributed by atoms with Crippen LogP contribution in [0.5, 0.6) is 11.5 Å². The summed E-state index contributed by atoms with van der Waals surface area (Å²) in [6.45, 7) is 4.03.